The van der Waals surface area contributed by atoms with Gasteiger partial charge in [0.2, 0.25) is 0 Å². The first-order chi connectivity index (χ1) is 14.3. The molecule has 1 aliphatic rings. The number of nitrogens with one attached hydrogen (secondary N) is 1. The number of unbranched alkanes of at least 4 members (excludes halogenated alkanes) is 1. The van der Waals surface area contributed by atoms with Gasteiger partial charge in [0.05, 0.1) is 17.5 Å². The highest BCUT2D eigenvalue weighted by Crippen LogP contribution is 2.30. The highest BCUT2D eigenvalue weighted by molar-refractivity contribution is 7.89. The number of benzene rings is 2. The molecular formula is C22H24FN3O3S. The number of carbonyl (C=O) groups excluding carboxylic acids is 1. The standard InChI is InChI=1S/C22H24FN3O3S/c1-3-4-9-30(28,29)26-21-8-5-15(10-17(21)13-24-26)19-11-16(12-20(23)14(19)2)22(27)25-18-6-7-18/h5,8,10-13,18H,3-4,6-7,9H2,1-2H3,(H,25,27). The lowest BCUT2D eigenvalue weighted by molar-refractivity contribution is 0.0950. The molecule has 0 spiro atoms. The van der Waals surface area contributed by atoms with E-state index in [0.29, 0.717) is 34.0 Å². The Morgan fingerprint density at radius 1 is 1.27 bits per heavy atom. The van der Waals surface area contributed by atoms with Gasteiger partial charge in [-0.05, 0) is 67.1 Å². The maximum Gasteiger partial charge on any atom is 0.254 e. The van der Waals surface area contributed by atoms with E-state index >= 15 is 0 Å². The van der Waals surface area contributed by atoms with E-state index in [1.165, 1.54) is 12.3 Å². The highest BCUT2D eigenvalue weighted by Gasteiger charge is 2.25. The van der Waals surface area contributed by atoms with E-state index in [1.54, 1.807) is 31.2 Å². The zero-order valence-corrected chi connectivity index (χ0v) is 17.8. The first-order valence-corrected chi connectivity index (χ1v) is 11.7. The van der Waals surface area contributed by atoms with Crippen molar-refractivity contribution in [2.45, 2.75) is 45.6 Å². The molecule has 1 aliphatic carbocycles. The summed E-state index contributed by atoms with van der Waals surface area (Å²) in [5, 5.41) is 7.59. The Bertz CT molecular complexity index is 1230. The molecule has 0 aliphatic heterocycles. The van der Waals surface area contributed by atoms with Crippen LogP contribution in [0.1, 0.15) is 48.5 Å². The smallest absolute Gasteiger partial charge is 0.254 e. The molecule has 0 bridgehead atoms. The number of rotatable bonds is 7. The van der Waals surface area contributed by atoms with Gasteiger partial charge in [-0.25, -0.2) is 12.8 Å². The quantitative estimate of drug-likeness (QED) is 0.615. The monoisotopic (exact) mass is 429 g/mol. The van der Waals surface area contributed by atoms with Crippen molar-refractivity contribution in [3.63, 3.8) is 0 Å². The molecule has 0 saturated heterocycles. The minimum Gasteiger partial charge on any atom is -0.349 e. The first kappa shape index (κ1) is 20.5. The number of hydrogen-bond acceptors (Lipinski definition) is 4. The summed E-state index contributed by atoms with van der Waals surface area (Å²) in [6, 6.07) is 8.31. The van der Waals surface area contributed by atoms with E-state index in [1.807, 2.05) is 6.92 Å². The summed E-state index contributed by atoms with van der Waals surface area (Å²) < 4.78 is 40.7. The first-order valence-electron chi connectivity index (χ1n) is 10.1. The van der Waals surface area contributed by atoms with Gasteiger partial charge in [0.15, 0.2) is 0 Å². The van der Waals surface area contributed by atoms with Gasteiger partial charge in [0.1, 0.15) is 5.82 Å². The fourth-order valence-electron chi connectivity index (χ4n) is 3.42. The number of nitrogens with zero attached hydrogens (tertiary/aromatic N) is 2. The lowest BCUT2D eigenvalue weighted by Gasteiger charge is -2.11. The predicted molar refractivity (Wildman–Crippen MR) is 114 cm³/mol. The van der Waals surface area contributed by atoms with Crippen LogP contribution in [0.2, 0.25) is 0 Å². The topological polar surface area (TPSA) is 81.1 Å². The van der Waals surface area contributed by atoms with Crippen molar-refractivity contribution in [3.05, 3.63) is 53.5 Å². The average Bonchev–Trinajstić information content (AvgIpc) is 3.42. The number of amides is 1. The van der Waals surface area contributed by atoms with Crippen molar-refractivity contribution in [3.8, 4) is 11.1 Å². The third-order valence-corrected chi connectivity index (χ3v) is 7.01. The second-order valence-corrected chi connectivity index (χ2v) is 9.73. The molecule has 1 amide bonds. The molecule has 2 aromatic carbocycles. The second kappa shape index (κ2) is 7.83. The molecule has 8 heteroatoms. The van der Waals surface area contributed by atoms with E-state index < -0.39 is 15.8 Å². The zero-order valence-electron chi connectivity index (χ0n) is 17.0. The molecule has 3 aromatic rings. The maximum atomic E-state index is 14.6. The molecule has 158 valence electrons. The molecule has 0 unspecified atom stereocenters. The largest absolute Gasteiger partial charge is 0.349 e. The summed E-state index contributed by atoms with van der Waals surface area (Å²) in [4.78, 5) is 12.4. The molecular weight excluding hydrogens is 405 g/mol. The number of carbonyl (C=O) groups is 1. The van der Waals surface area contributed by atoms with Crippen LogP contribution in [-0.4, -0.2) is 35.3 Å². The van der Waals surface area contributed by atoms with Gasteiger partial charge in [-0.2, -0.15) is 9.19 Å². The third-order valence-electron chi connectivity index (χ3n) is 5.38. The van der Waals surface area contributed by atoms with Crippen LogP contribution in [0.3, 0.4) is 0 Å². The number of fused-ring (bicyclic) bond motifs is 1. The van der Waals surface area contributed by atoms with Crippen LogP contribution in [0.25, 0.3) is 22.0 Å². The van der Waals surface area contributed by atoms with Gasteiger partial charge >= 0.3 is 0 Å². The molecule has 1 fully saturated rings. The van der Waals surface area contributed by atoms with Gasteiger partial charge in [0.25, 0.3) is 15.9 Å². The van der Waals surface area contributed by atoms with E-state index in [9.17, 15) is 17.6 Å². The normalized spacial score (nSPS) is 14.2. The van der Waals surface area contributed by atoms with Crippen molar-refractivity contribution in [1.82, 2.24) is 14.5 Å². The molecule has 6 nitrogen and oxygen atoms in total. The van der Waals surface area contributed by atoms with Gasteiger partial charge in [0, 0.05) is 17.0 Å². The zero-order chi connectivity index (χ0) is 21.5. The van der Waals surface area contributed by atoms with Crippen LogP contribution in [0.5, 0.6) is 0 Å². The second-order valence-electron chi connectivity index (χ2n) is 7.81. The number of aromatic nitrogens is 2. The minimum atomic E-state index is -3.53. The van der Waals surface area contributed by atoms with Crippen LogP contribution >= 0.6 is 0 Å². The van der Waals surface area contributed by atoms with E-state index in [2.05, 4.69) is 10.4 Å². The molecule has 30 heavy (non-hydrogen) atoms. The van der Waals surface area contributed by atoms with Crippen molar-refractivity contribution < 1.29 is 17.6 Å². The van der Waals surface area contributed by atoms with Crippen molar-refractivity contribution >= 4 is 26.8 Å². The number of hydrogen-bond donors (Lipinski definition) is 1. The SMILES string of the molecule is CCCCS(=O)(=O)n1ncc2cc(-c3cc(C(=O)NC4CC4)cc(F)c3C)ccc21. The Morgan fingerprint density at radius 2 is 2.03 bits per heavy atom. The maximum absolute atomic E-state index is 14.6. The highest BCUT2D eigenvalue weighted by atomic mass is 32.2. The predicted octanol–water partition coefficient (Wildman–Crippen LogP) is 4.02. The molecule has 1 aromatic heterocycles. The molecule has 1 N–H and O–H groups in total. The Balaban J connectivity index is 1.73. The van der Waals surface area contributed by atoms with Crippen LogP contribution in [0.4, 0.5) is 4.39 Å². The minimum absolute atomic E-state index is 0.0322. The molecule has 4 rings (SSSR count). The average molecular weight is 430 g/mol. The van der Waals surface area contributed by atoms with Crippen molar-refractivity contribution in [1.29, 1.82) is 0 Å². The van der Waals surface area contributed by atoms with Gasteiger partial charge < -0.3 is 5.32 Å². The van der Waals surface area contributed by atoms with E-state index in [-0.39, 0.29) is 23.3 Å². The fourth-order valence-corrected chi connectivity index (χ4v) is 4.90. The lowest BCUT2D eigenvalue weighted by Crippen LogP contribution is -2.25. The Morgan fingerprint density at radius 3 is 2.73 bits per heavy atom. The number of halogens is 1. The van der Waals surface area contributed by atoms with Gasteiger partial charge in [-0.3, -0.25) is 4.79 Å². The molecule has 0 atom stereocenters. The Labute approximate surface area is 175 Å². The van der Waals surface area contributed by atoms with Crippen molar-refractivity contribution in [2.75, 3.05) is 5.75 Å². The summed E-state index contributed by atoms with van der Waals surface area (Å²) in [5.41, 5.74) is 2.48. The van der Waals surface area contributed by atoms with E-state index in [0.717, 1.165) is 23.3 Å². The summed E-state index contributed by atoms with van der Waals surface area (Å²) in [6.45, 7) is 3.60. The summed E-state index contributed by atoms with van der Waals surface area (Å²) in [7, 11) is -3.53. The van der Waals surface area contributed by atoms with Crippen LogP contribution < -0.4 is 5.32 Å². The summed E-state index contributed by atoms with van der Waals surface area (Å²) in [6.07, 6.45) is 4.75. The fraction of sp³-hybridized carbons (Fsp3) is 0.364. The van der Waals surface area contributed by atoms with Gasteiger partial charge in [-0.15, -0.1) is 0 Å². The van der Waals surface area contributed by atoms with Crippen LogP contribution in [0, 0.1) is 12.7 Å². The Hall–Kier alpha value is -2.74. The summed E-state index contributed by atoms with van der Waals surface area (Å²) >= 11 is 0. The third kappa shape index (κ3) is 3.96. The van der Waals surface area contributed by atoms with Crippen molar-refractivity contribution in [2.24, 2.45) is 0 Å². The summed E-state index contributed by atoms with van der Waals surface area (Å²) in [5.74, 6) is -0.704. The van der Waals surface area contributed by atoms with Crippen LogP contribution in [0.15, 0.2) is 36.5 Å². The molecule has 1 saturated carbocycles. The Kier molecular flexibility index (Phi) is 5.36. The molecule has 1 heterocycles. The van der Waals surface area contributed by atoms with E-state index in [4.69, 9.17) is 0 Å². The molecule has 0 radical (unpaired) electrons. The van der Waals surface area contributed by atoms with Gasteiger partial charge in [-0.1, -0.05) is 19.4 Å². The lowest BCUT2D eigenvalue weighted by atomic mass is 9.96. The van der Waals surface area contributed by atoms with Crippen LogP contribution in [-0.2, 0) is 10.0 Å².